The van der Waals surface area contributed by atoms with Crippen molar-refractivity contribution >= 4 is 23.2 Å². The van der Waals surface area contributed by atoms with Crippen molar-refractivity contribution in [3.63, 3.8) is 0 Å². The minimum Gasteiger partial charge on any atom is -0.487 e. The molecule has 1 fully saturated rings. The van der Waals surface area contributed by atoms with Crippen molar-refractivity contribution in [2.75, 3.05) is 6.54 Å². The first-order chi connectivity index (χ1) is 8.20. The van der Waals surface area contributed by atoms with Gasteiger partial charge in [0.05, 0.1) is 0 Å². The summed E-state index contributed by atoms with van der Waals surface area (Å²) in [5, 5.41) is 7.90. The Hall–Kier alpha value is -0.580. The fourth-order valence-corrected chi connectivity index (χ4v) is 2.46. The topological polar surface area (TPSA) is 61.0 Å². The van der Waals surface area contributed by atoms with Crippen LogP contribution in [0.4, 0.5) is 0 Å². The number of ether oxygens (including phenoxy) is 1. The van der Waals surface area contributed by atoms with Gasteiger partial charge in [-0.3, -0.25) is 0 Å². The molecule has 1 aromatic rings. The Labute approximate surface area is 110 Å². The smallest absolute Gasteiger partial charge is 0.193 e. The standard InChI is InChI=1S/C11H15Cl2N3O/c12-10-5-9(11(13)16-15-10)17-8-4-2-1-3-7(8)6-14/h5,7-8H,1-4,6,14H2. The van der Waals surface area contributed by atoms with Crippen molar-refractivity contribution in [2.24, 2.45) is 11.7 Å². The predicted octanol–water partition coefficient (Wildman–Crippen LogP) is 2.68. The number of aromatic nitrogens is 2. The fraction of sp³-hybridized carbons (Fsp3) is 0.636. The Balaban J connectivity index is 2.10. The Morgan fingerprint density at radius 1 is 1.29 bits per heavy atom. The van der Waals surface area contributed by atoms with Crippen LogP contribution < -0.4 is 10.5 Å². The Morgan fingerprint density at radius 3 is 2.82 bits per heavy atom. The lowest BCUT2D eigenvalue weighted by atomic mass is 9.86. The average Bonchev–Trinajstić information content (AvgIpc) is 2.34. The summed E-state index contributed by atoms with van der Waals surface area (Å²) < 4.78 is 5.87. The quantitative estimate of drug-likeness (QED) is 0.922. The van der Waals surface area contributed by atoms with E-state index in [2.05, 4.69) is 10.2 Å². The van der Waals surface area contributed by atoms with Crippen LogP contribution in [0.15, 0.2) is 6.07 Å². The highest BCUT2D eigenvalue weighted by molar-refractivity contribution is 6.32. The van der Waals surface area contributed by atoms with Gasteiger partial charge in [0.15, 0.2) is 16.1 Å². The molecule has 1 heterocycles. The van der Waals surface area contributed by atoms with Gasteiger partial charge in [-0.2, -0.15) is 0 Å². The zero-order chi connectivity index (χ0) is 12.3. The van der Waals surface area contributed by atoms with Crippen LogP contribution in [0.1, 0.15) is 25.7 Å². The van der Waals surface area contributed by atoms with Crippen molar-refractivity contribution < 1.29 is 4.74 Å². The maximum atomic E-state index is 5.92. The molecule has 4 nitrogen and oxygen atoms in total. The summed E-state index contributed by atoms with van der Waals surface area (Å²) in [7, 11) is 0. The summed E-state index contributed by atoms with van der Waals surface area (Å²) in [4.78, 5) is 0. The van der Waals surface area contributed by atoms with E-state index >= 15 is 0 Å². The van der Waals surface area contributed by atoms with Gasteiger partial charge in [0.1, 0.15) is 6.10 Å². The van der Waals surface area contributed by atoms with Gasteiger partial charge >= 0.3 is 0 Å². The summed E-state index contributed by atoms with van der Waals surface area (Å²) >= 11 is 11.7. The summed E-state index contributed by atoms with van der Waals surface area (Å²) in [6.07, 6.45) is 4.57. The second-order valence-electron chi connectivity index (χ2n) is 4.26. The number of hydrogen-bond acceptors (Lipinski definition) is 4. The zero-order valence-electron chi connectivity index (χ0n) is 9.40. The molecule has 0 spiro atoms. The van der Waals surface area contributed by atoms with E-state index in [4.69, 9.17) is 33.7 Å². The molecule has 2 rings (SSSR count). The van der Waals surface area contributed by atoms with E-state index in [1.54, 1.807) is 6.07 Å². The van der Waals surface area contributed by atoms with E-state index in [-0.39, 0.29) is 16.4 Å². The van der Waals surface area contributed by atoms with Crippen LogP contribution in [0.2, 0.25) is 10.3 Å². The van der Waals surface area contributed by atoms with Crippen LogP contribution in [-0.4, -0.2) is 22.8 Å². The molecule has 0 saturated heterocycles. The van der Waals surface area contributed by atoms with E-state index in [1.165, 1.54) is 6.42 Å². The molecule has 0 aromatic carbocycles. The van der Waals surface area contributed by atoms with Crippen molar-refractivity contribution in [2.45, 2.75) is 31.8 Å². The van der Waals surface area contributed by atoms with E-state index in [9.17, 15) is 0 Å². The molecule has 1 aliphatic carbocycles. The summed E-state index contributed by atoms with van der Waals surface area (Å²) in [5.74, 6) is 0.878. The highest BCUT2D eigenvalue weighted by Gasteiger charge is 2.26. The molecule has 0 amide bonds. The van der Waals surface area contributed by atoms with Crippen LogP contribution in [0.5, 0.6) is 5.75 Å². The molecule has 0 radical (unpaired) electrons. The van der Waals surface area contributed by atoms with Gasteiger partial charge in [-0.15, -0.1) is 10.2 Å². The molecule has 1 aliphatic rings. The van der Waals surface area contributed by atoms with Gasteiger partial charge in [0, 0.05) is 12.0 Å². The average molecular weight is 276 g/mol. The van der Waals surface area contributed by atoms with Crippen LogP contribution in [0.3, 0.4) is 0 Å². The first kappa shape index (κ1) is 12.9. The highest BCUT2D eigenvalue weighted by Crippen LogP contribution is 2.31. The lowest BCUT2D eigenvalue weighted by Crippen LogP contribution is -2.35. The minimum absolute atomic E-state index is 0.103. The van der Waals surface area contributed by atoms with E-state index in [0.717, 1.165) is 19.3 Å². The van der Waals surface area contributed by atoms with E-state index in [1.807, 2.05) is 0 Å². The summed E-state index contributed by atoms with van der Waals surface area (Å²) in [6, 6.07) is 1.60. The lowest BCUT2D eigenvalue weighted by molar-refractivity contribution is 0.0965. The second kappa shape index (κ2) is 5.85. The maximum absolute atomic E-state index is 5.92. The largest absolute Gasteiger partial charge is 0.487 e. The molecule has 0 aliphatic heterocycles. The Bertz CT molecular complexity index is 389. The third-order valence-electron chi connectivity index (χ3n) is 3.11. The highest BCUT2D eigenvalue weighted by atomic mass is 35.5. The van der Waals surface area contributed by atoms with Crippen LogP contribution >= 0.6 is 23.2 Å². The number of rotatable bonds is 3. The Kier molecular flexibility index (Phi) is 4.42. The number of nitrogens with zero attached hydrogens (tertiary/aromatic N) is 2. The third kappa shape index (κ3) is 3.21. The molecule has 0 bridgehead atoms. The fourth-order valence-electron chi connectivity index (χ4n) is 2.18. The van der Waals surface area contributed by atoms with Crippen molar-refractivity contribution in [3.05, 3.63) is 16.4 Å². The molecule has 2 unspecified atom stereocenters. The van der Waals surface area contributed by atoms with Gasteiger partial charge in [-0.25, -0.2) is 0 Å². The van der Waals surface area contributed by atoms with Gasteiger partial charge in [-0.05, 0) is 25.8 Å². The second-order valence-corrected chi connectivity index (χ2v) is 5.00. The molecule has 94 valence electrons. The minimum atomic E-state index is 0.103. The predicted molar refractivity (Wildman–Crippen MR) is 67.5 cm³/mol. The Morgan fingerprint density at radius 2 is 2.06 bits per heavy atom. The zero-order valence-corrected chi connectivity index (χ0v) is 10.9. The first-order valence-electron chi connectivity index (χ1n) is 5.76. The third-order valence-corrected chi connectivity index (χ3v) is 3.55. The van der Waals surface area contributed by atoms with Gasteiger partial charge in [0.25, 0.3) is 0 Å². The number of halogens is 2. The molecular weight excluding hydrogens is 261 g/mol. The molecule has 2 atom stereocenters. The number of nitrogens with two attached hydrogens (primary N) is 1. The first-order valence-corrected chi connectivity index (χ1v) is 6.51. The van der Waals surface area contributed by atoms with Crippen molar-refractivity contribution in [1.82, 2.24) is 10.2 Å². The molecule has 1 aromatic heterocycles. The van der Waals surface area contributed by atoms with Gasteiger partial charge in [-0.1, -0.05) is 29.6 Å². The monoisotopic (exact) mass is 275 g/mol. The van der Waals surface area contributed by atoms with Crippen molar-refractivity contribution in [1.29, 1.82) is 0 Å². The van der Waals surface area contributed by atoms with Crippen LogP contribution in [0.25, 0.3) is 0 Å². The molecule has 1 saturated carbocycles. The summed E-state index contributed by atoms with van der Waals surface area (Å²) in [6.45, 7) is 0.633. The van der Waals surface area contributed by atoms with Crippen LogP contribution in [0, 0.1) is 5.92 Å². The normalized spacial score (nSPS) is 24.6. The van der Waals surface area contributed by atoms with Gasteiger partial charge < -0.3 is 10.5 Å². The lowest BCUT2D eigenvalue weighted by Gasteiger charge is -2.31. The SMILES string of the molecule is NCC1CCCCC1Oc1cc(Cl)nnc1Cl. The number of hydrogen-bond donors (Lipinski definition) is 1. The van der Waals surface area contributed by atoms with E-state index in [0.29, 0.717) is 18.2 Å². The molecular formula is C11H15Cl2N3O. The van der Waals surface area contributed by atoms with Crippen LogP contribution in [-0.2, 0) is 0 Å². The molecule has 17 heavy (non-hydrogen) atoms. The molecule has 2 N–H and O–H groups in total. The van der Waals surface area contributed by atoms with Crippen molar-refractivity contribution in [3.8, 4) is 5.75 Å². The molecule has 6 heteroatoms. The van der Waals surface area contributed by atoms with Gasteiger partial charge in [0.2, 0.25) is 0 Å². The maximum Gasteiger partial charge on any atom is 0.193 e. The summed E-state index contributed by atoms with van der Waals surface area (Å²) in [5.41, 5.74) is 5.75. The van der Waals surface area contributed by atoms with E-state index < -0.39 is 0 Å².